The normalized spacial score (nSPS) is 11.4. The first-order valence-corrected chi connectivity index (χ1v) is 42.7. The number of thiophene rings is 2. The van der Waals surface area contributed by atoms with Crippen LogP contribution < -0.4 is 0 Å². The minimum atomic E-state index is 0.638. The van der Waals surface area contributed by atoms with Gasteiger partial charge in [-0.15, -0.1) is 22.7 Å². The lowest BCUT2D eigenvalue weighted by molar-refractivity contribution is 1.07. The summed E-state index contributed by atoms with van der Waals surface area (Å²) in [5, 5.41) is 12.7. The minimum Gasteiger partial charge on any atom is -0.208 e. The fraction of sp³-hybridized carbons (Fsp3) is 0. The molecule has 0 bridgehead atoms. The molecule has 8 heteroatoms. The third kappa shape index (κ3) is 14.0. The van der Waals surface area contributed by atoms with Gasteiger partial charge in [-0.2, -0.15) is 0 Å². The fourth-order valence-electron chi connectivity index (χ4n) is 17.3. The van der Waals surface area contributed by atoms with Crippen LogP contribution in [0.5, 0.6) is 0 Å². The summed E-state index contributed by atoms with van der Waals surface area (Å²) in [6.07, 6.45) is 0. The maximum absolute atomic E-state index is 5.17. The predicted octanol–water partition coefficient (Wildman–Crippen LogP) is 31.3. The van der Waals surface area contributed by atoms with E-state index < -0.39 is 0 Å². The lowest BCUT2D eigenvalue weighted by Gasteiger charge is -2.15. The van der Waals surface area contributed by atoms with Crippen LogP contribution in [0, 0.1) is 0 Å². The number of rotatable bonds is 14. The molecule has 0 aliphatic rings. The van der Waals surface area contributed by atoms with E-state index in [0.717, 1.165) is 61.2 Å². The van der Waals surface area contributed by atoms with Crippen molar-refractivity contribution in [2.75, 3.05) is 0 Å². The van der Waals surface area contributed by atoms with E-state index in [9.17, 15) is 0 Å². The Labute approximate surface area is 714 Å². The summed E-state index contributed by atoms with van der Waals surface area (Å²) in [5.74, 6) is 3.86. The van der Waals surface area contributed by atoms with Crippen LogP contribution in [0.3, 0.4) is 0 Å². The average Bonchev–Trinajstić information content (AvgIpc) is 1.47. The molecule has 0 atom stereocenters. The molecule has 0 fully saturated rings. The molecule has 23 rings (SSSR count). The van der Waals surface area contributed by atoms with Crippen LogP contribution in [-0.4, -0.2) is 29.9 Å². The molecule has 6 nitrogen and oxygen atoms in total. The SMILES string of the molecule is c1ccc(-c2cc(-c3ccccc3)cc(-c3cc(-c4cccc(-c5nc(-c6ccccc6)nc(-c6ccccc6)n5)c4)c4c(c3)sc3ccccc34)c2)cc1.c1ccc(-c2nc(-c3ccccc3)nc(-c3ccccc3-c3cc(-c4ccc(-c5ccc(-c6ccc7c8ccccc8c8ccccc8c7c6)cc5)cc4)cc4sc5ccccc5c34)n2)cc1. The summed E-state index contributed by atoms with van der Waals surface area (Å²) in [6, 6.07) is 156. The molecule has 122 heavy (non-hydrogen) atoms. The summed E-state index contributed by atoms with van der Waals surface area (Å²) >= 11 is 3.69. The molecule has 570 valence electrons. The van der Waals surface area contributed by atoms with Crippen molar-refractivity contribution in [3.05, 3.63) is 437 Å². The molecule has 0 aliphatic carbocycles. The van der Waals surface area contributed by atoms with E-state index in [2.05, 4.69) is 340 Å². The van der Waals surface area contributed by atoms with Gasteiger partial charge < -0.3 is 0 Å². The van der Waals surface area contributed by atoms with Crippen molar-refractivity contribution in [3.63, 3.8) is 0 Å². The molecule has 0 amide bonds. The lowest BCUT2D eigenvalue weighted by Crippen LogP contribution is -2.01. The molecule has 4 aromatic heterocycles. The van der Waals surface area contributed by atoms with Gasteiger partial charge in [0.2, 0.25) is 0 Å². The first-order valence-electron chi connectivity index (χ1n) is 41.1. The summed E-state index contributed by atoms with van der Waals surface area (Å²) in [5.41, 5.74) is 24.4. The van der Waals surface area contributed by atoms with E-state index in [4.69, 9.17) is 29.9 Å². The van der Waals surface area contributed by atoms with Crippen molar-refractivity contribution < 1.29 is 0 Å². The maximum Gasteiger partial charge on any atom is 0.164 e. The summed E-state index contributed by atoms with van der Waals surface area (Å²) in [6.45, 7) is 0. The fourth-order valence-corrected chi connectivity index (χ4v) is 19.6. The monoisotopic (exact) mass is 1590 g/mol. The number of aromatic nitrogens is 6. The zero-order valence-electron chi connectivity index (χ0n) is 66.1. The molecular weight excluding hydrogens is 1520 g/mol. The number of fused-ring (bicyclic) bond motifs is 12. The largest absolute Gasteiger partial charge is 0.208 e. The second kappa shape index (κ2) is 31.7. The summed E-state index contributed by atoms with van der Waals surface area (Å²) in [7, 11) is 0. The van der Waals surface area contributed by atoms with Gasteiger partial charge in [0.15, 0.2) is 34.9 Å². The van der Waals surface area contributed by atoms with Crippen LogP contribution in [0.25, 0.3) is 230 Å². The van der Waals surface area contributed by atoms with Gasteiger partial charge in [-0.05, 0) is 188 Å². The topological polar surface area (TPSA) is 77.3 Å². The highest BCUT2D eigenvalue weighted by Crippen LogP contribution is 2.49. The van der Waals surface area contributed by atoms with Gasteiger partial charge in [-0.1, -0.05) is 370 Å². The Morgan fingerprint density at radius 1 is 0.123 bits per heavy atom. The third-order valence-corrected chi connectivity index (χ3v) is 25.5. The van der Waals surface area contributed by atoms with Gasteiger partial charge >= 0.3 is 0 Å². The average molecular weight is 1590 g/mol. The molecule has 0 unspecified atom stereocenters. The standard InChI is InChI=1S/C63H39N3S.C51H33N3S/c1-3-15-44(16-4-1)61-64-62(45-17-5-2-6-18-45)66-63(65-61)54-24-12-11-23-52(54)57-38-47(39-59-60(57)55-25-13-14-26-58(55)67-59)43-33-29-41(30-34-43)40-27-31-42(32-28-40)46-35-36-53-50-21-8-7-19-48(50)49-20-9-10-22-51(49)56(53)37-46;1-5-16-34(17-6-1)40-29-41(35-18-7-2-8-19-35)31-42(30-40)43-32-45(48-44-26-13-14-27-46(44)55-47(48)33-43)38-24-15-25-39(28-38)51-53-49(36-20-9-3-10-21-36)52-50(54-51)37-22-11-4-12-23-37/h1-39H;1-33H. The van der Waals surface area contributed by atoms with Crippen molar-refractivity contribution in [2.24, 2.45) is 0 Å². The van der Waals surface area contributed by atoms with Gasteiger partial charge in [0.05, 0.1) is 0 Å². The Bertz CT molecular complexity index is 7690. The quantitative estimate of drug-likeness (QED) is 0.101. The predicted molar refractivity (Wildman–Crippen MR) is 514 cm³/mol. The Morgan fingerprint density at radius 2 is 0.393 bits per heavy atom. The highest BCUT2D eigenvalue weighted by atomic mass is 32.1. The van der Waals surface area contributed by atoms with E-state index in [1.165, 1.54) is 134 Å². The van der Waals surface area contributed by atoms with Crippen molar-refractivity contribution in [1.82, 2.24) is 29.9 Å². The van der Waals surface area contributed by atoms with Crippen molar-refractivity contribution in [1.29, 1.82) is 0 Å². The first-order chi connectivity index (χ1) is 60.4. The molecule has 0 saturated heterocycles. The highest BCUT2D eigenvalue weighted by Gasteiger charge is 2.23. The van der Waals surface area contributed by atoms with E-state index in [1.54, 1.807) is 0 Å². The number of hydrogen-bond donors (Lipinski definition) is 0. The zero-order chi connectivity index (χ0) is 80.8. The van der Waals surface area contributed by atoms with Crippen LogP contribution in [0.1, 0.15) is 0 Å². The Morgan fingerprint density at radius 3 is 0.844 bits per heavy atom. The van der Waals surface area contributed by atoms with Crippen molar-refractivity contribution in [2.45, 2.75) is 0 Å². The minimum absolute atomic E-state index is 0.638. The van der Waals surface area contributed by atoms with Crippen molar-refractivity contribution >= 4 is 95.3 Å². The maximum atomic E-state index is 5.17. The van der Waals surface area contributed by atoms with E-state index >= 15 is 0 Å². The Hall–Kier alpha value is -15.6. The number of nitrogens with zero attached hydrogens (tertiary/aromatic N) is 6. The van der Waals surface area contributed by atoms with Gasteiger partial charge in [0.25, 0.3) is 0 Å². The highest BCUT2D eigenvalue weighted by molar-refractivity contribution is 7.26. The molecule has 19 aromatic carbocycles. The molecule has 0 spiro atoms. The van der Waals surface area contributed by atoms with Gasteiger partial charge in [0.1, 0.15) is 0 Å². The molecule has 4 heterocycles. The third-order valence-electron chi connectivity index (χ3n) is 23.2. The zero-order valence-corrected chi connectivity index (χ0v) is 67.7. The van der Waals surface area contributed by atoms with E-state index in [1.807, 2.05) is 120 Å². The number of hydrogen-bond acceptors (Lipinski definition) is 8. The molecule has 0 saturated carbocycles. The first kappa shape index (κ1) is 72.8. The van der Waals surface area contributed by atoms with Crippen LogP contribution in [0.15, 0.2) is 437 Å². The van der Waals surface area contributed by atoms with Gasteiger partial charge in [-0.3, -0.25) is 0 Å². The molecule has 0 N–H and O–H groups in total. The molecule has 0 radical (unpaired) electrons. The molecular formula is C114H72N6S2. The number of benzene rings is 19. The second-order valence-electron chi connectivity index (χ2n) is 30.7. The summed E-state index contributed by atoms with van der Waals surface area (Å²) < 4.78 is 5.02. The Balaban J connectivity index is 0.000000149. The van der Waals surface area contributed by atoms with Gasteiger partial charge in [-0.25, -0.2) is 29.9 Å². The lowest BCUT2D eigenvalue weighted by atomic mass is 9.90. The van der Waals surface area contributed by atoms with Crippen LogP contribution >= 0.6 is 22.7 Å². The van der Waals surface area contributed by atoms with Crippen LogP contribution in [-0.2, 0) is 0 Å². The van der Waals surface area contributed by atoms with Crippen LogP contribution in [0.4, 0.5) is 0 Å². The van der Waals surface area contributed by atoms with Crippen molar-refractivity contribution in [3.8, 4) is 157 Å². The molecule has 0 aliphatic heterocycles. The Kier molecular flexibility index (Phi) is 18.9. The smallest absolute Gasteiger partial charge is 0.164 e. The second-order valence-corrected chi connectivity index (χ2v) is 32.9. The van der Waals surface area contributed by atoms with Crippen LogP contribution in [0.2, 0.25) is 0 Å². The van der Waals surface area contributed by atoms with Gasteiger partial charge in [0, 0.05) is 73.7 Å². The summed E-state index contributed by atoms with van der Waals surface area (Å²) in [4.78, 5) is 30.4. The molecule has 23 aromatic rings. The van der Waals surface area contributed by atoms with E-state index in [-0.39, 0.29) is 0 Å². The van der Waals surface area contributed by atoms with E-state index in [0.29, 0.717) is 34.9 Å².